The van der Waals surface area contributed by atoms with Gasteiger partial charge in [0.1, 0.15) is 0 Å². The number of nitrogens with two attached hydrogens (primary N) is 1. The summed E-state index contributed by atoms with van der Waals surface area (Å²) in [6.07, 6.45) is -1.33. The van der Waals surface area contributed by atoms with Crippen LogP contribution in [0.15, 0.2) is 0 Å². The van der Waals surface area contributed by atoms with E-state index in [1.807, 2.05) is 0 Å². The van der Waals surface area contributed by atoms with Crippen LogP contribution < -0.4 is 5.73 Å². The van der Waals surface area contributed by atoms with Crippen LogP contribution in [-0.4, -0.2) is 47.8 Å². The number of hydrogen-bond acceptors (Lipinski definition) is 4. The van der Waals surface area contributed by atoms with Crippen molar-refractivity contribution in [3.05, 3.63) is 0 Å². The molecule has 68 valence electrons. The molecule has 0 aliphatic heterocycles. The fourth-order valence-electron chi connectivity index (χ4n) is 0.231. The third kappa shape index (κ3) is 47.1. The molecule has 5 N–H and O–H groups in total. The highest BCUT2D eigenvalue weighted by Gasteiger charge is 1.79. The summed E-state index contributed by atoms with van der Waals surface area (Å²) in [6, 6.07) is 0. The van der Waals surface area contributed by atoms with Crippen LogP contribution in [0.25, 0.3) is 0 Å². The van der Waals surface area contributed by atoms with E-state index in [4.69, 9.17) is 20.1 Å². The predicted octanol–water partition coefficient (Wildman–Crippen LogP) is -1.39. The van der Waals surface area contributed by atoms with Crippen LogP contribution in [0.4, 0.5) is 4.79 Å². The predicted molar refractivity (Wildman–Crippen MR) is 37.2 cm³/mol. The van der Waals surface area contributed by atoms with Gasteiger partial charge in [-0.05, 0) is 0 Å². The van der Waals surface area contributed by atoms with Crippen molar-refractivity contribution >= 4 is 6.09 Å². The third-order valence-corrected chi connectivity index (χ3v) is 0.471. The van der Waals surface area contributed by atoms with Crippen molar-refractivity contribution in [1.29, 1.82) is 0 Å². The second-order valence-corrected chi connectivity index (χ2v) is 1.40. The van der Waals surface area contributed by atoms with Gasteiger partial charge in [0.15, 0.2) is 0 Å². The highest BCUT2D eigenvalue weighted by atomic mass is 16.5. The van der Waals surface area contributed by atoms with Gasteiger partial charge in [0.05, 0.1) is 26.4 Å². The first-order valence-corrected chi connectivity index (χ1v) is 2.93. The standard InChI is InChI=1S/C4H10O3.CH3NO2/c5-1-3-7-4-2-6;2-1(3)4/h5-6H,1-4H2;2H2,(H,3,4). The SMILES string of the molecule is NC(=O)O.OCCOCCO. The first kappa shape index (κ1) is 12.8. The normalized spacial score (nSPS) is 8.18. The molecule has 0 aliphatic rings. The molecule has 0 aliphatic carbocycles. The summed E-state index contributed by atoms with van der Waals surface area (Å²) in [6.45, 7) is 0.696. The number of aliphatic hydroxyl groups excluding tert-OH is 2. The van der Waals surface area contributed by atoms with E-state index in [0.29, 0.717) is 13.2 Å². The maximum atomic E-state index is 8.78. The van der Waals surface area contributed by atoms with Crippen LogP contribution in [0.1, 0.15) is 0 Å². The van der Waals surface area contributed by atoms with Gasteiger partial charge in [-0.25, -0.2) is 4.79 Å². The molecule has 0 saturated carbocycles. The number of ether oxygens (including phenoxy) is 1. The number of carboxylic acid groups (broad SMARTS) is 1. The van der Waals surface area contributed by atoms with Crippen molar-refractivity contribution in [2.45, 2.75) is 0 Å². The first-order valence-electron chi connectivity index (χ1n) is 2.93. The van der Waals surface area contributed by atoms with Crippen LogP contribution in [-0.2, 0) is 4.74 Å². The zero-order valence-corrected chi connectivity index (χ0v) is 6.06. The summed E-state index contributed by atoms with van der Waals surface area (Å²) in [5.74, 6) is 0. The zero-order chi connectivity index (χ0) is 9.11. The quantitative estimate of drug-likeness (QED) is 0.385. The Hall–Kier alpha value is -0.850. The van der Waals surface area contributed by atoms with Crippen LogP contribution >= 0.6 is 0 Å². The van der Waals surface area contributed by atoms with Gasteiger partial charge in [-0.1, -0.05) is 0 Å². The van der Waals surface area contributed by atoms with Gasteiger partial charge in [-0.15, -0.1) is 0 Å². The van der Waals surface area contributed by atoms with Crippen LogP contribution in [0.5, 0.6) is 0 Å². The second-order valence-electron chi connectivity index (χ2n) is 1.40. The summed E-state index contributed by atoms with van der Waals surface area (Å²) in [4.78, 5) is 8.78. The number of hydrogen-bond donors (Lipinski definition) is 4. The Kier molecular flexibility index (Phi) is 13.8. The van der Waals surface area contributed by atoms with Gasteiger partial charge in [0.2, 0.25) is 0 Å². The molecule has 6 nitrogen and oxygen atoms in total. The highest BCUT2D eigenvalue weighted by Crippen LogP contribution is 1.68. The largest absolute Gasteiger partial charge is 0.465 e. The van der Waals surface area contributed by atoms with E-state index in [1.165, 1.54) is 0 Å². The van der Waals surface area contributed by atoms with E-state index in [9.17, 15) is 0 Å². The smallest absolute Gasteiger partial charge is 0.402 e. The zero-order valence-electron chi connectivity index (χ0n) is 6.06. The molecule has 0 radical (unpaired) electrons. The van der Waals surface area contributed by atoms with E-state index < -0.39 is 6.09 Å². The van der Waals surface area contributed by atoms with Gasteiger partial charge in [0, 0.05) is 0 Å². The lowest BCUT2D eigenvalue weighted by Crippen LogP contribution is -2.03. The Bertz CT molecular complexity index is 78.9. The molecule has 0 spiro atoms. The summed E-state index contributed by atoms with van der Waals surface area (Å²) < 4.78 is 4.63. The van der Waals surface area contributed by atoms with Crippen LogP contribution in [0, 0.1) is 0 Å². The number of amides is 1. The molecule has 0 heterocycles. The highest BCUT2D eigenvalue weighted by molar-refractivity contribution is 5.61. The van der Waals surface area contributed by atoms with E-state index in [2.05, 4.69) is 10.5 Å². The molecule has 1 amide bonds. The summed E-state index contributed by atoms with van der Waals surface area (Å²) in [5, 5.41) is 23.4. The lowest BCUT2D eigenvalue weighted by Gasteiger charge is -1.94. The number of primary amides is 1. The molecular weight excluding hydrogens is 154 g/mol. The molecule has 0 aromatic rings. The molecule has 0 rings (SSSR count). The molecular formula is C5H13NO5. The molecule has 0 aromatic heterocycles. The van der Waals surface area contributed by atoms with Crippen LogP contribution in [0.3, 0.4) is 0 Å². The lowest BCUT2D eigenvalue weighted by atomic mass is 10.7. The monoisotopic (exact) mass is 167 g/mol. The van der Waals surface area contributed by atoms with Crippen molar-refractivity contribution < 1.29 is 24.9 Å². The van der Waals surface area contributed by atoms with E-state index >= 15 is 0 Å². The van der Waals surface area contributed by atoms with Crippen molar-refractivity contribution in [3.63, 3.8) is 0 Å². The van der Waals surface area contributed by atoms with E-state index in [0.717, 1.165) is 0 Å². The minimum absolute atomic E-state index is 0.0278. The minimum Gasteiger partial charge on any atom is -0.465 e. The van der Waals surface area contributed by atoms with E-state index in [-0.39, 0.29) is 13.2 Å². The van der Waals surface area contributed by atoms with Gasteiger partial charge in [-0.3, -0.25) is 0 Å². The number of aliphatic hydroxyl groups is 2. The summed E-state index contributed by atoms with van der Waals surface area (Å²) >= 11 is 0. The fourth-order valence-corrected chi connectivity index (χ4v) is 0.231. The minimum atomic E-state index is -1.33. The molecule has 0 bridgehead atoms. The third-order valence-electron chi connectivity index (χ3n) is 0.471. The Morgan fingerprint density at radius 1 is 1.27 bits per heavy atom. The van der Waals surface area contributed by atoms with Gasteiger partial charge >= 0.3 is 6.09 Å². The van der Waals surface area contributed by atoms with Crippen LogP contribution in [0.2, 0.25) is 0 Å². The molecule has 0 aromatic carbocycles. The maximum absolute atomic E-state index is 8.78. The van der Waals surface area contributed by atoms with Gasteiger partial charge in [0.25, 0.3) is 0 Å². The Morgan fingerprint density at radius 3 is 1.73 bits per heavy atom. The Labute approximate surface area is 64.2 Å². The van der Waals surface area contributed by atoms with E-state index in [1.54, 1.807) is 0 Å². The molecule has 0 atom stereocenters. The summed E-state index contributed by atoms with van der Waals surface area (Å²) in [5.41, 5.74) is 4.03. The average molecular weight is 167 g/mol. The first-order chi connectivity index (χ1) is 5.15. The van der Waals surface area contributed by atoms with Crippen molar-refractivity contribution in [1.82, 2.24) is 0 Å². The Morgan fingerprint density at radius 2 is 1.55 bits per heavy atom. The number of carbonyl (C=O) groups is 1. The molecule has 6 heteroatoms. The topological polar surface area (TPSA) is 113 Å². The second kappa shape index (κ2) is 11.9. The maximum Gasteiger partial charge on any atom is 0.402 e. The fraction of sp³-hybridized carbons (Fsp3) is 0.800. The van der Waals surface area contributed by atoms with Crippen molar-refractivity contribution in [2.75, 3.05) is 26.4 Å². The van der Waals surface area contributed by atoms with Crippen molar-refractivity contribution in [2.24, 2.45) is 5.73 Å². The molecule has 11 heavy (non-hydrogen) atoms. The molecule has 0 fully saturated rings. The average Bonchev–Trinajstić information content (AvgIpc) is 1.88. The lowest BCUT2D eigenvalue weighted by molar-refractivity contribution is 0.0650. The Balaban J connectivity index is 0. The van der Waals surface area contributed by atoms with Crippen molar-refractivity contribution in [3.8, 4) is 0 Å². The molecule has 0 saturated heterocycles. The number of rotatable bonds is 4. The molecule has 0 unspecified atom stereocenters. The van der Waals surface area contributed by atoms with Gasteiger partial charge in [-0.2, -0.15) is 0 Å². The van der Waals surface area contributed by atoms with Gasteiger partial charge < -0.3 is 25.8 Å². The summed E-state index contributed by atoms with van der Waals surface area (Å²) in [7, 11) is 0.